The highest BCUT2D eigenvalue weighted by Crippen LogP contribution is 2.52. The molecule has 1 saturated carbocycles. The van der Waals surface area contributed by atoms with Crippen LogP contribution >= 0.6 is 0 Å². The van der Waals surface area contributed by atoms with E-state index in [2.05, 4.69) is 16.4 Å². The van der Waals surface area contributed by atoms with Gasteiger partial charge in [0, 0.05) is 18.7 Å². The zero-order chi connectivity index (χ0) is 10.4. The summed E-state index contributed by atoms with van der Waals surface area (Å²) in [4.78, 5) is 4.59. The van der Waals surface area contributed by atoms with Crippen LogP contribution in [0, 0.1) is 11.3 Å². The smallest absolute Gasteiger partial charge is 0.143 e. The van der Waals surface area contributed by atoms with E-state index in [-0.39, 0.29) is 0 Å². The van der Waals surface area contributed by atoms with Crippen molar-refractivity contribution in [2.45, 2.75) is 31.1 Å². The Balaban J connectivity index is 2.18. The number of nitriles is 1. The minimum Gasteiger partial charge on any atom is -0.372 e. The number of nitrogens with zero attached hydrogens (tertiary/aromatic N) is 2. The molecular weight excluding hydrogens is 186 g/mol. The van der Waals surface area contributed by atoms with E-state index in [1.807, 2.05) is 13.1 Å². The molecule has 1 heterocycles. The maximum absolute atomic E-state index is 9.02. The summed E-state index contributed by atoms with van der Waals surface area (Å²) in [6, 6.07) is 4.25. The van der Waals surface area contributed by atoms with Gasteiger partial charge in [-0.15, -0.1) is 0 Å². The van der Waals surface area contributed by atoms with Gasteiger partial charge in [-0.25, -0.2) is 4.98 Å². The second kappa shape index (κ2) is 2.96. The molecule has 1 N–H and O–H groups in total. The molecule has 0 amide bonds. The van der Waals surface area contributed by atoms with Gasteiger partial charge < -0.3 is 5.32 Å². The van der Waals surface area contributed by atoms with Crippen LogP contribution in [0.15, 0.2) is 6.07 Å². The van der Waals surface area contributed by atoms with E-state index < -0.39 is 0 Å². The molecule has 2 atom stereocenters. The Hall–Kier alpha value is -1.56. The van der Waals surface area contributed by atoms with Gasteiger partial charge in [0.15, 0.2) is 0 Å². The monoisotopic (exact) mass is 199 g/mol. The second-order valence-electron chi connectivity index (χ2n) is 4.43. The van der Waals surface area contributed by atoms with Crippen molar-refractivity contribution in [1.29, 1.82) is 5.26 Å². The first-order valence-corrected chi connectivity index (χ1v) is 5.46. The molecule has 0 radical (unpaired) electrons. The first-order chi connectivity index (χ1) is 7.33. The molecular formula is C12H13N3. The summed E-state index contributed by atoms with van der Waals surface area (Å²) in [5, 5.41) is 12.0. The van der Waals surface area contributed by atoms with Crippen molar-refractivity contribution >= 4 is 5.82 Å². The molecule has 1 aromatic heterocycles. The van der Waals surface area contributed by atoms with Crippen LogP contribution in [0.4, 0.5) is 5.82 Å². The minimum absolute atomic E-state index is 0.657. The number of fused-ring (bicyclic) bond motifs is 5. The van der Waals surface area contributed by atoms with E-state index in [9.17, 15) is 0 Å². The highest BCUT2D eigenvalue weighted by molar-refractivity contribution is 5.56. The Morgan fingerprint density at radius 1 is 1.47 bits per heavy atom. The fourth-order valence-electron chi connectivity index (χ4n) is 2.99. The number of aromatic nitrogens is 1. The van der Waals surface area contributed by atoms with Crippen LogP contribution in [0.5, 0.6) is 0 Å². The Labute approximate surface area is 89.1 Å². The normalized spacial score (nSPS) is 26.1. The lowest BCUT2D eigenvalue weighted by Gasteiger charge is -2.15. The average Bonchev–Trinajstić information content (AvgIpc) is 2.88. The molecule has 1 aromatic rings. The average molecular weight is 199 g/mol. The lowest BCUT2D eigenvalue weighted by atomic mass is 9.95. The van der Waals surface area contributed by atoms with Gasteiger partial charge in [-0.3, -0.25) is 0 Å². The standard InChI is InChI=1S/C12H13N3/c1-14-12-9(6-13)5-10-7-2-3-8(4-7)11(10)15-12/h5,7-8H,2-4H2,1H3,(H,14,15). The predicted molar refractivity (Wildman–Crippen MR) is 57.8 cm³/mol. The maximum Gasteiger partial charge on any atom is 0.143 e. The molecule has 2 aliphatic carbocycles. The van der Waals surface area contributed by atoms with Crippen molar-refractivity contribution in [3.05, 3.63) is 22.9 Å². The van der Waals surface area contributed by atoms with Gasteiger partial charge >= 0.3 is 0 Å². The third-order valence-corrected chi connectivity index (χ3v) is 3.70. The highest BCUT2D eigenvalue weighted by atomic mass is 15.0. The summed E-state index contributed by atoms with van der Waals surface area (Å²) in [6.07, 6.45) is 3.81. The number of pyridine rings is 1. The zero-order valence-electron chi connectivity index (χ0n) is 8.75. The van der Waals surface area contributed by atoms with Gasteiger partial charge in [-0.1, -0.05) is 0 Å². The number of rotatable bonds is 1. The Bertz CT molecular complexity index is 459. The van der Waals surface area contributed by atoms with E-state index in [0.29, 0.717) is 17.4 Å². The molecule has 0 aliphatic heterocycles. The van der Waals surface area contributed by atoms with E-state index in [4.69, 9.17) is 5.26 Å². The molecule has 2 unspecified atom stereocenters. The molecule has 3 nitrogen and oxygen atoms in total. The van der Waals surface area contributed by atoms with E-state index >= 15 is 0 Å². The first kappa shape index (κ1) is 8.72. The first-order valence-electron chi connectivity index (χ1n) is 5.46. The molecule has 2 bridgehead atoms. The van der Waals surface area contributed by atoms with Crippen molar-refractivity contribution in [3.8, 4) is 6.07 Å². The van der Waals surface area contributed by atoms with Crippen LogP contribution in [-0.2, 0) is 0 Å². The summed E-state index contributed by atoms with van der Waals surface area (Å²) in [5.74, 6) is 2.07. The predicted octanol–water partition coefficient (Wildman–Crippen LogP) is 2.36. The molecule has 0 saturated heterocycles. The van der Waals surface area contributed by atoms with Crippen LogP contribution < -0.4 is 5.32 Å². The molecule has 3 heteroatoms. The lowest BCUT2D eigenvalue weighted by Crippen LogP contribution is -2.05. The summed E-state index contributed by atoms with van der Waals surface area (Å²) in [7, 11) is 1.82. The molecule has 0 aromatic carbocycles. The number of hydrogen-bond donors (Lipinski definition) is 1. The number of hydrogen-bond acceptors (Lipinski definition) is 3. The quantitative estimate of drug-likeness (QED) is 0.755. The second-order valence-corrected chi connectivity index (χ2v) is 4.43. The Kier molecular flexibility index (Phi) is 1.72. The van der Waals surface area contributed by atoms with Crippen molar-refractivity contribution in [3.63, 3.8) is 0 Å². The highest BCUT2D eigenvalue weighted by Gasteiger charge is 2.38. The topological polar surface area (TPSA) is 48.7 Å². The van der Waals surface area contributed by atoms with Crippen LogP contribution in [0.1, 0.15) is 47.9 Å². The largest absolute Gasteiger partial charge is 0.372 e. The SMILES string of the molecule is CNc1nc2c(cc1C#N)C1CCC2C1. The molecule has 3 rings (SSSR count). The van der Waals surface area contributed by atoms with Gasteiger partial charge in [0.05, 0.1) is 5.56 Å². The van der Waals surface area contributed by atoms with E-state index in [1.54, 1.807) is 0 Å². The summed E-state index contributed by atoms with van der Waals surface area (Å²) >= 11 is 0. The number of anilines is 1. The zero-order valence-corrected chi connectivity index (χ0v) is 8.75. The van der Waals surface area contributed by atoms with Crippen LogP contribution in [0.3, 0.4) is 0 Å². The van der Waals surface area contributed by atoms with Gasteiger partial charge in [-0.2, -0.15) is 5.26 Å². The molecule has 1 fully saturated rings. The lowest BCUT2D eigenvalue weighted by molar-refractivity contribution is 0.697. The molecule has 2 aliphatic rings. The van der Waals surface area contributed by atoms with Crippen LogP contribution in [0.25, 0.3) is 0 Å². The van der Waals surface area contributed by atoms with Crippen molar-refractivity contribution in [2.24, 2.45) is 0 Å². The van der Waals surface area contributed by atoms with Gasteiger partial charge in [-0.05, 0) is 36.8 Å². The summed E-state index contributed by atoms with van der Waals surface area (Å²) < 4.78 is 0. The van der Waals surface area contributed by atoms with Crippen molar-refractivity contribution in [1.82, 2.24) is 4.98 Å². The summed E-state index contributed by atoms with van der Waals surface area (Å²) in [5.41, 5.74) is 3.26. The molecule has 15 heavy (non-hydrogen) atoms. The van der Waals surface area contributed by atoms with Gasteiger partial charge in [0.1, 0.15) is 11.9 Å². The summed E-state index contributed by atoms with van der Waals surface area (Å²) in [6.45, 7) is 0. The van der Waals surface area contributed by atoms with Crippen LogP contribution in [0.2, 0.25) is 0 Å². The Morgan fingerprint density at radius 2 is 2.27 bits per heavy atom. The third kappa shape index (κ3) is 1.08. The molecule has 0 spiro atoms. The van der Waals surface area contributed by atoms with E-state index in [1.165, 1.54) is 30.5 Å². The number of nitrogens with one attached hydrogen (secondary N) is 1. The van der Waals surface area contributed by atoms with Crippen molar-refractivity contribution in [2.75, 3.05) is 12.4 Å². The fraction of sp³-hybridized carbons (Fsp3) is 0.500. The third-order valence-electron chi connectivity index (χ3n) is 3.70. The van der Waals surface area contributed by atoms with Crippen LogP contribution in [-0.4, -0.2) is 12.0 Å². The van der Waals surface area contributed by atoms with E-state index in [0.717, 1.165) is 5.82 Å². The fourth-order valence-corrected chi connectivity index (χ4v) is 2.99. The molecule has 76 valence electrons. The van der Waals surface area contributed by atoms with Gasteiger partial charge in [0.25, 0.3) is 0 Å². The minimum atomic E-state index is 0.657. The maximum atomic E-state index is 9.02. The van der Waals surface area contributed by atoms with Gasteiger partial charge in [0.2, 0.25) is 0 Å². The Morgan fingerprint density at radius 3 is 3.00 bits per heavy atom. The van der Waals surface area contributed by atoms with Crippen molar-refractivity contribution < 1.29 is 0 Å².